The van der Waals surface area contributed by atoms with Gasteiger partial charge >= 0.3 is 5.97 Å². The molecule has 21 heavy (non-hydrogen) atoms. The summed E-state index contributed by atoms with van der Waals surface area (Å²) in [5, 5.41) is 13.9. The minimum atomic E-state index is -0.967. The van der Waals surface area contributed by atoms with Crippen molar-refractivity contribution in [1.82, 2.24) is 19.9 Å². The molecule has 0 amide bonds. The van der Waals surface area contributed by atoms with E-state index in [0.29, 0.717) is 11.5 Å². The molecule has 2 heterocycles. The number of nitrogen functional groups attached to an aromatic ring is 1. The molecular weight excluding hydrogens is 270 g/mol. The van der Waals surface area contributed by atoms with Gasteiger partial charge in [0.25, 0.3) is 0 Å². The SMILES string of the molecule is CCc1nn(N)c2nc(-c3ccc(C(=O)O)cc3)ncc12. The van der Waals surface area contributed by atoms with Crippen molar-refractivity contribution in [3.8, 4) is 11.4 Å². The first kappa shape index (κ1) is 13.0. The number of aromatic nitrogens is 4. The molecular formula is C14H13N5O2. The number of fused-ring (bicyclic) bond motifs is 1. The van der Waals surface area contributed by atoms with E-state index in [9.17, 15) is 4.79 Å². The number of nitrogens with two attached hydrogens (primary N) is 1. The number of rotatable bonds is 3. The maximum atomic E-state index is 10.8. The van der Waals surface area contributed by atoms with Crippen LogP contribution in [-0.2, 0) is 6.42 Å². The van der Waals surface area contributed by atoms with Crippen molar-refractivity contribution in [2.45, 2.75) is 13.3 Å². The van der Waals surface area contributed by atoms with Gasteiger partial charge < -0.3 is 10.9 Å². The summed E-state index contributed by atoms with van der Waals surface area (Å²) in [6.45, 7) is 1.99. The lowest BCUT2D eigenvalue weighted by atomic mass is 10.1. The molecule has 0 bridgehead atoms. The van der Waals surface area contributed by atoms with Crippen molar-refractivity contribution in [3.63, 3.8) is 0 Å². The van der Waals surface area contributed by atoms with Gasteiger partial charge in [0, 0.05) is 11.8 Å². The lowest BCUT2D eigenvalue weighted by Crippen LogP contribution is -2.11. The molecule has 7 heteroatoms. The number of nitrogens with zero attached hydrogens (tertiary/aromatic N) is 4. The van der Waals surface area contributed by atoms with Gasteiger partial charge in [-0.1, -0.05) is 19.1 Å². The Labute approximate surface area is 120 Å². The molecule has 106 valence electrons. The fourth-order valence-electron chi connectivity index (χ4n) is 2.14. The van der Waals surface area contributed by atoms with Crippen molar-refractivity contribution in [1.29, 1.82) is 0 Å². The van der Waals surface area contributed by atoms with Crippen LogP contribution < -0.4 is 5.84 Å². The van der Waals surface area contributed by atoms with Crippen LogP contribution in [0.25, 0.3) is 22.4 Å². The van der Waals surface area contributed by atoms with E-state index in [1.54, 1.807) is 18.3 Å². The zero-order valence-corrected chi connectivity index (χ0v) is 11.3. The monoisotopic (exact) mass is 283 g/mol. The van der Waals surface area contributed by atoms with E-state index in [2.05, 4.69) is 15.1 Å². The average molecular weight is 283 g/mol. The van der Waals surface area contributed by atoms with E-state index in [-0.39, 0.29) is 5.56 Å². The summed E-state index contributed by atoms with van der Waals surface area (Å²) in [5.74, 6) is 5.31. The average Bonchev–Trinajstić information content (AvgIpc) is 2.83. The topological polar surface area (TPSA) is 107 Å². The Morgan fingerprint density at radius 1 is 1.33 bits per heavy atom. The summed E-state index contributed by atoms with van der Waals surface area (Å²) in [6, 6.07) is 6.37. The van der Waals surface area contributed by atoms with Gasteiger partial charge in [-0.05, 0) is 18.6 Å². The summed E-state index contributed by atoms with van der Waals surface area (Å²) in [7, 11) is 0. The molecule has 1 aromatic carbocycles. The molecule has 0 aliphatic rings. The molecule has 0 radical (unpaired) electrons. The zero-order chi connectivity index (χ0) is 15.0. The third-order valence-corrected chi connectivity index (χ3v) is 3.25. The Morgan fingerprint density at radius 2 is 2.05 bits per heavy atom. The summed E-state index contributed by atoms with van der Waals surface area (Å²) in [5.41, 5.74) is 2.34. The normalized spacial score (nSPS) is 10.9. The van der Waals surface area contributed by atoms with E-state index in [0.717, 1.165) is 23.1 Å². The third kappa shape index (κ3) is 2.18. The number of aryl methyl sites for hydroxylation is 1. The van der Waals surface area contributed by atoms with Crippen LogP contribution >= 0.6 is 0 Å². The molecule has 0 aliphatic heterocycles. The quantitative estimate of drug-likeness (QED) is 0.705. The van der Waals surface area contributed by atoms with Crippen LogP contribution in [0.1, 0.15) is 23.0 Å². The Kier molecular flexibility index (Phi) is 3.02. The number of carbonyl (C=O) groups is 1. The fraction of sp³-hybridized carbons (Fsp3) is 0.143. The van der Waals surface area contributed by atoms with Gasteiger partial charge in [0.15, 0.2) is 11.5 Å². The maximum absolute atomic E-state index is 10.8. The van der Waals surface area contributed by atoms with Crippen LogP contribution in [0.3, 0.4) is 0 Å². The van der Waals surface area contributed by atoms with E-state index in [4.69, 9.17) is 10.9 Å². The second kappa shape index (κ2) is 4.86. The van der Waals surface area contributed by atoms with E-state index >= 15 is 0 Å². The van der Waals surface area contributed by atoms with E-state index in [1.165, 1.54) is 16.9 Å². The first-order chi connectivity index (χ1) is 10.1. The van der Waals surface area contributed by atoms with Crippen LogP contribution in [0.2, 0.25) is 0 Å². The van der Waals surface area contributed by atoms with Crippen molar-refractivity contribution < 1.29 is 9.90 Å². The number of hydrogen-bond acceptors (Lipinski definition) is 5. The lowest BCUT2D eigenvalue weighted by molar-refractivity contribution is 0.0697. The molecule has 0 aliphatic carbocycles. The van der Waals surface area contributed by atoms with Crippen LogP contribution in [0.4, 0.5) is 0 Å². The molecule has 0 saturated carbocycles. The Hall–Kier alpha value is -2.96. The van der Waals surface area contributed by atoms with Crippen molar-refractivity contribution in [2.24, 2.45) is 0 Å². The van der Waals surface area contributed by atoms with Gasteiger partial charge in [0.1, 0.15) is 0 Å². The molecule has 0 atom stereocenters. The Morgan fingerprint density at radius 3 is 2.67 bits per heavy atom. The molecule has 3 N–H and O–H groups in total. The Bertz CT molecular complexity index is 823. The number of benzene rings is 1. The number of hydrogen-bond donors (Lipinski definition) is 2. The van der Waals surface area contributed by atoms with Gasteiger partial charge in [-0.25, -0.2) is 14.8 Å². The van der Waals surface area contributed by atoms with Crippen LogP contribution in [0.5, 0.6) is 0 Å². The van der Waals surface area contributed by atoms with Crippen molar-refractivity contribution in [2.75, 3.05) is 5.84 Å². The highest BCUT2D eigenvalue weighted by molar-refractivity contribution is 5.88. The van der Waals surface area contributed by atoms with E-state index in [1.807, 2.05) is 6.92 Å². The van der Waals surface area contributed by atoms with Gasteiger partial charge in [-0.2, -0.15) is 9.89 Å². The molecule has 3 rings (SSSR count). The van der Waals surface area contributed by atoms with Gasteiger partial charge in [0.05, 0.1) is 16.6 Å². The molecule has 0 unspecified atom stereocenters. The minimum Gasteiger partial charge on any atom is -0.478 e. The van der Waals surface area contributed by atoms with Crippen LogP contribution in [0, 0.1) is 0 Å². The first-order valence-electron chi connectivity index (χ1n) is 6.43. The summed E-state index contributed by atoms with van der Waals surface area (Å²) in [6.07, 6.45) is 2.44. The molecule has 0 spiro atoms. The number of aromatic carboxylic acids is 1. The highest BCUT2D eigenvalue weighted by Crippen LogP contribution is 2.20. The number of carboxylic acid groups (broad SMARTS) is 1. The first-order valence-corrected chi connectivity index (χ1v) is 6.43. The van der Waals surface area contributed by atoms with Crippen LogP contribution in [0.15, 0.2) is 30.5 Å². The van der Waals surface area contributed by atoms with Gasteiger partial charge in [-0.3, -0.25) is 0 Å². The second-order valence-corrected chi connectivity index (χ2v) is 4.56. The predicted octanol–water partition coefficient (Wildman–Crippen LogP) is 1.47. The number of carboxylic acids is 1. The molecule has 3 aromatic rings. The maximum Gasteiger partial charge on any atom is 0.335 e. The highest BCUT2D eigenvalue weighted by atomic mass is 16.4. The molecule has 2 aromatic heterocycles. The Balaban J connectivity index is 2.08. The fourth-order valence-corrected chi connectivity index (χ4v) is 2.14. The largest absolute Gasteiger partial charge is 0.478 e. The standard InChI is InChI=1S/C14H13N5O2/c1-2-11-10-7-16-12(17-13(10)19(15)18-11)8-3-5-9(6-4-8)14(20)21/h3-7H,2,15H2,1H3,(H,20,21). The summed E-state index contributed by atoms with van der Waals surface area (Å²) in [4.78, 5) is 20.8. The zero-order valence-electron chi connectivity index (χ0n) is 11.3. The minimum absolute atomic E-state index is 0.219. The predicted molar refractivity (Wildman–Crippen MR) is 77.2 cm³/mol. The lowest BCUT2D eigenvalue weighted by Gasteiger charge is -2.01. The highest BCUT2D eigenvalue weighted by Gasteiger charge is 2.12. The molecule has 0 fully saturated rings. The van der Waals surface area contributed by atoms with Crippen molar-refractivity contribution >= 4 is 17.0 Å². The van der Waals surface area contributed by atoms with Gasteiger partial charge in [-0.15, -0.1) is 0 Å². The summed E-state index contributed by atoms with van der Waals surface area (Å²) >= 11 is 0. The molecule has 0 saturated heterocycles. The van der Waals surface area contributed by atoms with Crippen LogP contribution in [-0.4, -0.2) is 30.9 Å². The molecule has 7 nitrogen and oxygen atoms in total. The van der Waals surface area contributed by atoms with E-state index < -0.39 is 5.97 Å². The smallest absolute Gasteiger partial charge is 0.335 e. The second-order valence-electron chi connectivity index (χ2n) is 4.56. The summed E-state index contributed by atoms with van der Waals surface area (Å²) < 4.78 is 0. The third-order valence-electron chi connectivity index (χ3n) is 3.25. The van der Waals surface area contributed by atoms with Gasteiger partial charge in [0.2, 0.25) is 0 Å². The van der Waals surface area contributed by atoms with Crippen molar-refractivity contribution in [3.05, 3.63) is 41.7 Å².